The molecule has 1 rings (SSSR count). The third kappa shape index (κ3) is 2.49. The van der Waals surface area contributed by atoms with Crippen LogP contribution in [-0.2, 0) is 9.05 Å². The van der Waals surface area contributed by atoms with Crippen molar-refractivity contribution in [2.24, 2.45) is 0 Å². The maximum atomic E-state index is 11.1. The molecule has 14 heavy (non-hydrogen) atoms. The predicted molar refractivity (Wildman–Crippen MR) is 59.1 cm³/mol. The molecule has 0 aliphatic rings. The first-order valence-electron chi connectivity index (χ1n) is 4.33. The molecular weight excluding hydrogens is 220 g/mol. The molecule has 0 N–H and O–H groups in total. The number of aryl methyl sites for hydroxylation is 2. The van der Waals surface area contributed by atoms with Crippen LogP contribution < -0.4 is 0 Å². The molecule has 0 saturated carbocycles. The fourth-order valence-corrected chi connectivity index (χ4v) is 2.29. The van der Waals surface area contributed by atoms with E-state index in [-0.39, 0.29) is 0 Å². The molecule has 0 aromatic heterocycles. The van der Waals surface area contributed by atoms with Gasteiger partial charge in [-0.15, -0.1) is 0 Å². The molecule has 0 bridgehead atoms. The summed E-state index contributed by atoms with van der Waals surface area (Å²) in [5, 5.41) is -0.648. The van der Waals surface area contributed by atoms with Gasteiger partial charge in [0.2, 0.25) is 9.05 Å². The smallest absolute Gasteiger partial charge is 0.212 e. The Morgan fingerprint density at radius 3 is 2.29 bits per heavy atom. The van der Waals surface area contributed by atoms with Gasteiger partial charge in [-0.1, -0.05) is 23.8 Å². The van der Waals surface area contributed by atoms with Crippen LogP contribution in [0.5, 0.6) is 0 Å². The number of benzene rings is 1. The summed E-state index contributed by atoms with van der Waals surface area (Å²) in [7, 11) is 1.78. The van der Waals surface area contributed by atoms with Crippen molar-refractivity contribution in [2.45, 2.75) is 26.0 Å². The third-order valence-corrected chi connectivity index (χ3v) is 4.19. The van der Waals surface area contributed by atoms with E-state index in [0.717, 1.165) is 16.7 Å². The molecule has 0 aliphatic carbocycles. The molecule has 0 spiro atoms. The number of rotatable bonds is 2. The summed E-state index contributed by atoms with van der Waals surface area (Å²) in [5.74, 6) is 0. The maximum Gasteiger partial charge on any atom is 0.239 e. The summed E-state index contributed by atoms with van der Waals surface area (Å²) in [5.41, 5.74) is 2.85. The number of halogens is 1. The molecule has 4 heteroatoms. The van der Waals surface area contributed by atoms with E-state index in [1.165, 1.54) is 0 Å². The zero-order valence-corrected chi connectivity index (χ0v) is 9.98. The van der Waals surface area contributed by atoms with E-state index in [0.29, 0.717) is 0 Å². The van der Waals surface area contributed by atoms with Gasteiger partial charge in [-0.25, -0.2) is 8.42 Å². The van der Waals surface area contributed by atoms with Gasteiger partial charge < -0.3 is 0 Å². The molecule has 0 amide bonds. The minimum Gasteiger partial charge on any atom is -0.212 e. The fourth-order valence-electron chi connectivity index (χ4n) is 1.43. The zero-order chi connectivity index (χ0) is 10.9. The molecule has 0 heterocycles. The van der Waals surface area contributed by atoms with E-state index in [2.05, 4.69) is 0 Å². The Bertz CT molecular complexity index is 437. The molecule has 0 fully saturated rings. The Kier molecular flexibility index (Phi) is 3.22. The summed E-state index contributed by atoms with van der Waals surface area (Å²) < 4.78 is 22.3. The van der Waals surface area contributed by atoms with Gasteiger partial charge in [-0.3, -0.25) is 0 Å². The molecule has 0 saturated heterocycles. The van der Waals surface area contributed by atoms with Crippen LogP contribution in [0.1, 0.15) is 28.9 Å². The minimum atomic E-state index is -3.52. The van der Waals surface area contributed by atoms with Crippen molar-refractivity contribution in [3.8, 4) is 0 Å². The van der Waals surface area contributed by atoms with Crippen LogP contribution >= 0.6 is 10.7 Å². The lowest BCUT2D eigenvalue weighted by atomic mass is 10.0. The highest BCUT2D eigenvalue weighted by Gasteiger charge is 2.20. The molecule has 78 valence electrons. The minimum absolute atomic E-state index is 0.648. The lowest BCUT2D eigenvalue weighted by molar-refractivity contribution is 0.600. The monoisotopic (exact) mass is 232 g/mol. The van der Waals surface area contributed by atoms with Crippen molar-refractivity contribution in [1.29, 1.82) is 0 Å². The highest BCUT2D eigenvalue weighted by atomic mass is 35.7. The summed E-state index contributed by atoms with van der Waals surface area (Å²) in [6, 6.07) is 5.66. The van der Waals surface area contributed by atoms with E-state index in [1.807, 2.05) is 32.0 Å². The average molecular weight is 233 g/mol. The Balaban J connectivity index is 3.21. The SMILES string of the molecule is Cc1ccc(C(C)S(=O)(=O)Cl)c(C)c1. The molecule has 0 radical (unpaired) electrons. The first-order valence-corrected chi connectivity index (χ1v) is 6.70. The number of hydrogen-bond acceptors (Lipinski definition) is 2. The van der Waals surface area contributed by atoms with Crippen LogP contribution in [0.3, 0.4) is 0 Å². The van der Waals surface area contributed by atoms with Crippen LogP contribution in [0.4, 0.5) is 0 Å². The van der Waals surface area contributed by atoms with Gasteiger partial charge in [-0.05, 0) is 31.9 Å². The van der Waals surface area contributed by atoms with Crippen LogP contribution in [0, 0.1) is 13.8 Å². The Morgan fingerprint density at radius 1 is 1.29 bits per heavy atom. The van der Waals surface area contributed by atoms with Gasteiger partial charge >= 0.3 is 0 Å². The second kappa shape index (κ2) is 3.91. The van der Waals surface area contributed by atoms with Gasteiger partial charge in [0.1, 0.15) is 0 Å². The summed E-state index contributed by atoms with van der Waals surface area (Å²) in [6.07, 6.45) is 0. The topological polar surface area (TPSA) is 34.1 Å². The second-order valence-corrected chi connectivity index (χ2v) is 6.43. The zero-order valence-electron chi connectivity index (χ0n) is 8.41. The van der Waals surface area contributed by atoms with Crippen molar-refractivity contribution >= 4 is 19.7 Å². The van der Waals surface area contributed by atoms with E-state index >= 15 is 0 Å². The average Bonchev–Trinajstić information content (AvgIpc) is 2.01. The van der Waals surface area contributed by atoms with Gasteiger partial charge in [0, 0.05) is 10.7 Å². The van der Waals surface area contributed by atoms with E-state index < -0.39 is 14.3 Å². The molecule has 1 aromatic rings. The van der Waals surface area contributed by atoms with Crippen molar-refractivity contribution in [3.63, 3.8) is 0 Å². The highest BCUT2D eigenvalue weighted by Crippen LogP contribution is 2.27. The summed E-state index contributed by atoms with van der Waals surface area (Å²) >= 11 is 0. The van der Waals surface area contributed by atoms with Gasteiger partial charge in [-0.2, -0.15) is 0 Å². The largest absolute Gasteiger partial charge is 0.239 e. The summed E-state index contributed by atoms with van der Waals surface area (Å²) in [6.45, 7) is 5.46. The first-order chi connectivity index (χ1) is 6.32. The normalized spacial score (nSPS) is 14.0. The lowest BCUT2D eigenvalue weighted by Gasteiger charge is -2.11. The maximum absolute atomic E-state index is 11.1. The standard InChI is InChI=1S/C10H13ClO2S/c1-7-4-5-10(8(2)6-7)9(3)14(11,12)13/h4-6,9H,1-3H3. The quantitative estimate of drug-likeness (QED) is 0.735. The van der Waals surface area contributed by atoms with Crippen LogP contribution in [0.25, 0.3) is 0 Å². The Morgan fingerprint density at radius 2 is 1.86 bits per heavy atom. The fraction of sp³-hybridized carbons (Fsp3) is 0.400. The van der Waals surface area contributed by atoms with Crippen LogP contribution in [0.2, 0.25) is 0 Å². The van der Waals surface area contributed by atoms with Gasteiger partial charge in [0.15, 0.2) is 0 Å². The predicted octanol–water partition coefficient (Wildman–Crippen LogP) is 2.93. The van der Waals surface area contributed by atoms with Crippen molar-refractivity contribution in [3.05, 3.63) is 34.9 Å². The van der Waals surface area contributed by atoms with Gasteiger partial charge in [0.25, 0.3) is 0 Å². The lowest BCUT2D eigenvalue weighted by Crippen LogP contribution is -2.04. The van der Waals surface area contributed by atoms with Crippen molar-refractivity contribution in [2.75, 3.05) is 0 Å². The van der Waals surface area contributed by atoms with Gasteiger partial charge in [0.05, 0.1) is 5.25 Å². The van der Waals surface area contributed by atoms with Crippen LogP contribution in [-0.4, -0.2) is 8.42 Å². The second-order valence-electron chi connectivity index (χ2n) is 3.48. The molecular formula is C10H13ClO2S. The van der Waals surface area contributed by atoms with Crippen LogP contribution in [0.15, 0.2) is 18.2 Å². The molecule has 2 nitrogen and oxygen atoms in total. The molecule has 0 aliphatic heterocycles. The van der Waals surface area contributed by atoms with Crippen molar-refractivity contribution < 1.29 is 8.42 Å². The molecule has 1 aromatic carbocycles. The highest BCUT2D eigenvalue weighted by molar-refractivity contribution is 8.13. The molecule has 1 unspecified atom stereocenters. The summed E-state index contributed by atoms with van der Waals surface area (Å²) in [4.78, 5) is 0. The first kappa shape index (κ1) is 11.5. The van der Waals surface area contributed by atoms with E-state index in [1.54, 1.807) is 6.92 Å². The Hall–Kier alpha value is -0.540. The van der Waals surface area contributed by atoms with E-state index in [4.69, 9.17) is 10.7 Å². The molecule has 1 atom stereocenters. The van der Waals surface area contributed by atoms with E-state index in [9.17, 15) is 8.42 Å². The number of hydrogen-bond donors (Lipinski definition) is 0. The Labute approximate surface area is 89.3 Å². The van der Waals surface area contributed by atoms with Crippen molar-refractivity contribution in [1.82, 2.24) is 0 Å². The third-order valence-electron chi connectivity index (χ3n) is 2.29.